The van der Waals surface area contributed by atoms with Crippen molar-refractivity contribution in [1.29, 1.82) is 0 Å². The van der Waals surface area contributed by atoms with E-state index in [1.165, 1.54) is 16.8 Å². The third-order valence-corrected chi connectivity index (χ3v) is 6.14. The van der Waals surface area contributed by atoms with Gasteiger partial charge in [0.05, 0.1) is 0 Å². The zero-order valence-corrected chi connectivity index (χ0v) is 17.1. The zero-order valence-electron chi connectivity index (χ0n) is 17.1. The van der Waals surface area contributed by atoms with E-state index in [1.54, 1.807) is 6.20 Å². The number of hydrogen-bond donors (Lipinski definition) is 0. The Morgan fingerprint density at radius 1 is 0.767 bits per heavy atom. The van der Waals surface area contributed by atoms with Crippen LogP contribution in [0.4, 0.5) is 11.5 Å². The second kappa shape index (κ2) is 8.19. The van der Waals surface area contributed by atoms with Crippen LogP contribution in [0.3, 0.4) is 0 Å². The Kier molecular flexibility index (Phi) is 5.10. The van der Waals surface area contributed by atoms with E-state index in [0.717, 1.165) is 57.1 Å². The van der Waals surface area contributed by atoms with Gasteiger partial charge in [0, 0.05) is 56.7 Å². The van der Waals surface area contributed by atoms with E-state index in [2.05, 4.69) is 63.3 Å². The summed E-state index contributed by atoms with van der Waals surface area (Å²) in [6.45, 7) is 4.96. The Hall–Kier alpha value is -3.34. The number of piperazine rings is 1. The molecule has 30 heavy (non-hydrogen) atoms. The lowest BCUT2D eigenvalue weighted by Gasteiger charge is -2.36. The molecule has 5 rings (SSSR count). The largest absolute Gasteiger partial charge is 0.368 e. The Morgan fingerprint density at radius 3 is 2.30 bits per heavy atom. The van der Waals surface area contributed by atoms with Gasteiger partial charge in [-0.2, -0.15) is 0 Å². The first-order valence-corrected chi connectivity index (χ1v) is 10.6. The fourth-order valence-corrected chi connectivity index (χ4v) is 4.40. The summed E-state index contributed by atoms with van der Waals surface area (Å²) in [5, 5.41) is 0. The number of rotatable bonds is 3. The summed E-state index contributed by atoms with van der Waals surface area (Å²) < 4.78 is 0. The fourth-order valence-electron chi connectivity index (χ4n) is 4.40. The first-order chi connectivity index (χ1) is 14.8. The summed E-state index contributed by atoms with van der Waals surface area (Å²) in [6, 6.07) is 22.8. The molecule has 3 aromatic rings. The number of amides is 1. The van der Waals surface area contributed by atoms with Gasteiger partial charge in [0.1, 0.15) is 5.82 Å². The molecule has 0 bridgehead atoms. The van der Waals surface area contributed by atoms with Gasteiger partial charge in [0.15, 0.2) is 0 Å². The van der Waals surface area contributed by atoms with Crippen molar-refractivity contribution in [3.63, 3.8) is 0 Å². The molecule has 0 saturated carbocycles. The molecule has 0 radical (unpaired) electrons. The Morgan fingerprint density at radius 2 is 1.50 bits per heavy atom. The number of nitrogens with zero attached hydrogens (tertiary/aromatic N) is 4. The highest BCUT2D eigenvalue weighted by atomic mass is 16.2. The third kappa shape index (κ3) is 3.75. The topological polar surface area (TPSA) is 39.7 Å². The van der Waals surface area contributed by atoms with Crippen molar-refractivity contribution in [1.82, 2.24) is 9.88 Å². The van der Waals surface area contributed by atoms with Crippen LogP contribution in [0.2, 0.25) is 0 Å². The van der Waals surface area contributed by atoms with Gasteiger partial charge in [-0.1, -0.05) is 42.5 Å². The molecule has 5 nitrogen and oxygen atoms in total. The summed E-state index contributed by atoms with van der Waals surface area (Å²) in [5.74, 6) is 0.988. The highest BCUT2D eigenvalue weighted by Crippen LogP contribution is 2.24. The van der Waals surface area contributed by atoms with Crippen molar-refractivity contribution >= 4 is 17.4 Å². The van der Waals surface area contributed by atoms with Crippen LogP contribution in [0.15, 0.2) is 72.9 Å². The van der Waals surface area contributed by atoms with Crippen LogP contribution in [0.1, 0.15) is 21.5 Å². The lowest BCUT2D eigenvalue weighted by molar-refractivity contribution is 0.0746. The molecule has 0 atom stereocenters. The number of fused-ring (bicyclic) bond motifs is 1. The molecular formula is C25H26N4O. The Balaban J connectivity index is 1.26. The van der Waals surface area contributed by atoms with Crippen LogP contribution in [0, 0.1) is 0 Å². The average molecular weight is 399 g/mol. The standard InChI is InChI=1S/C25H26N4O/c30-25(28-16-14-27(15-17-28)23-8-2-1-3-9-23)21-10-12-26-24(18-21)29-13-11-20-6-4-5-7-22(20)19-29/h1-10,12,18H,11,13-17,19H2. The highest BCUT2D eigenvalue weighted by molar-refractivity contribution is 5.95. The number of carbonyl (C=O) groups is 1. The summed E-state index contributed by atoms with van der Waals surface area (Å²) >= 11 is 0. The molecule has 3 heterocycles. The van der Waals surface area contributed by atoms with Crippen LogP contribution in [0.5, 0.6) is 0 Å². The summed E-state index contributed by atoms with van der Waals surface area (Å²) in [7, 11) is 0. The maximum Gasteiger partial charge on any atom is 0.254 e. The highest BCUT2D eigenvalue weighted by Gasteiger charge is 2.24. The first kappa shape index (κ1) is 18.7. The van der Waals surface area contributed by atoms with Gasteiger partial charge in [0.2, 0.25) is 0 Å². The minimum absolute atomic E-state index is 0.101. The van der Waals surface area contributed by atoms with Gasteiger partial charge >= 0.3 is 0 Å². The second-order valence-electron chi connectivity index (χ2n) is 7.96. The van der Waals surface area contributed by atoms with Gasteiger partial charge in [-0.05, 0) is 41.8 Å². The lowest BCUT2D eigenvalue weighted by Crippen LogP contribution is -2.48. The van der Waals surface area contributed by atoms with Gasteiger partial charge in [-0.3, -0.25) is 4.79 Å². The molecule has 2 aromatic carbocycles. The fraction of sp³-hybridized carbons (Fsp3) is 0.280. The zero-order chi connectivity index (χ0) is 20.3. The molecule has 1 saturated heterocycles. The Labute approximate surface area is 177 Å². The molecule has 2 aliphatic rings. The van der Waals surface area contributed by atoms with Gasteiger partial charge in [0.25, 0.3) is 5.91 Å². The van der Waals surface area contributed by atoms with E-state index in [0.29, 0.717) is 0 Å². The number of aromatic nitrogens is 1. The maximum absolute atomic E-state index is 13.1. The molecule has 0 spiro atoms. The monoisotopic (exact) mass is 398 g/mol. The number of benzene rings is 2. The summed E-state index contributed by atoms with van der Waals surface area (Å²) in [4.78, 5) is 24.3. The second-order valence-corrected chi connectivity index (χ2v) is 7.96. The molecule has 1 fully saturated rings. The van der Waals surface area contributed by atoms with Crippen LogP contribution in [-0.2, 0) is 13.0 Å². The smallest absolute Gasteiger partial charge is 0.254 e. The van der Waals surface area contributed by atoms with E-state index in [-0.39, 0.29) is 5.91 Å². The van der Waals surface area contributed by atoms with Crippen molar-refractivity contribution in [3.05, 3.63) is 89.6 Å². The summed E-state index contributed by atoms with van der Waals surface area (Å²) in [6.07, 6.45) is 2.78. The van der Waals surface area contributed by atoms with Crippen molar-refractivity contribution in [3.8, 4) is 0 Å². The number of hydrogen-bond acceptors (Lipinski definition) is 4. The molecule has 5 heteroatoms. The minimum atomic E-state index is 0.101. The number of carbonyl (C=O) groups excluding carboxylic acids is 1. The predicted octanol–water partition coefficient (Wildman–Crippen LogP) is 3.61. The van der Waals surface area contributed by atoms with Crippen molar-refractivity contribution in [2.75, 3.05) is 42.5 Å². The molecular weight excluding hydrogens is 372 g/mol. The minimum Gasteiger partial charge on any atom is -0.368 e. The van der Waals surface area contributed by atoms with Crippen LogP contribution in [0.25, 0.3) is 0 Å². The van der Waals surface area contributed by atoms with Crippen molar-refractivity contribution < 1.29 is 4.79 Å². The van der Waals surface area contributed by atoms with Crippen LogP contribution < -0.4 is 9.80 Å². The van der Waals surface area contributed by atoms with E-state index in [4.69, 9.17) is 0 Å². The van der Waals surface area contributed by atoms with Gasteiger partial charge in [-0.15, -0.1) is 0 Å². The van der Waals surface area contributed by atoms with E-state index in [9.17, 15) is 4.79 Å². The first-order valence-electron chi connectivity index (χ1n) is 10.6. The van der Waals surface area contributed by atoms with Gasteiger partial charge < -0.3 is 14.7 Å². The van der Waals surface area contributed by atoms with E-state index in [1.807, 2.05) is 23.1 Å². The number of para-hydroxylation sites is 1. The molecule has 0 unspecified atom stereocenters. The normalized spacial score (nSPS) is 16.3. The van der Waals surface area contributed by atoms with E-state index >= 15 is 0 Å². The van der Waals surface area contributed by atoms with Crippen LogP contribution >= 0.6 is 0 Å². The van der Waals surface area contributed by atoms with Crippen molar-refractivity contribution in [2.45, 2.75) is 13.0 Å². The maximum atomic E-state index is 13.1. The molecule has 152 valence electrons. The lowest BCUT2D eigenvalue weighted by atomic mass is 10.00. The number of pyridine rings is 1. The third-order valence-electron chi connectivity index (χ3n) is 6.14. The van der Waals surface area contributed by atoms with Crippen molar-refractivity contribution in [2.24, 2.45) is 0 Å². The predicted molar refractivity (Wildman–Crippen MR) is 120 cm³/mol. The summed E-state index contributed by atoms with van der Waals surface area (Å²) in [5.41, 5.74) is 4.71. The number of anilines is 2. The average Bonchev–Trinajstić information content (AvgIpc) is 2.84. The molecule has 1 amide bonds. The van der Waals surface area contributed by atoms with Gasteiger partial charge in [-0.25, -0.2) is 4.98 Å². The van der Waals surface area contributed by atoms with E-state index < -0.39 is 0 Å². The Bertz CT molecular complexity index is 1030. The molecule has 0 N–H and O–H groups in total. The van der Waals surface area contributed by atoms with Crippen LogP contribution in [-0.4, -0.2) is 48.5 Å². The SMILES string of the molecule is O=C(c1ccnc(N2CCc3ccccc3C2)c1)N1CCN(c2ccccc2)CC1. The molecule has 2 aliphatic heterocycles. The molecule has 0 aliphatic carbocycles. The quantitative estimate of drug-likeness (QED) is 0.676. The molecule has 1 aromatic heterocycles.